The van der Waals surface area contributed by atoms with E-state index in [0.29, 0.717) is 24.0 Å². The predicted octanol–water partition coefficient (Wildman–Crippen LogP) is 3.27. The highest BCUT2D eigenvalue weighted by molar-refractivity contribution is 6.12. The number of aryl methyl sites for hydroxylation is 2. The Morgan fingerprint density at radius 3 is 2.57 bits per heavy atom. The third kappa shape index (κ3) is 5.47. The summed E-state index contributed by atoms with van der Waals surface area (Å²) in [6.07, 6.45) is 8.47. The first-order valence-electron chi connectivity index (χ1n) is 13.3. The molecule has 1 aliphatic heterocycles. The van der Waals surface area contributed by atoms with Gasteiger partial charge in [-0.3, -0.25) is 24.1 Å². The first-order valence-corrected chi connectivity index (χ1v) is 13.3. The molecule has 10 heteroatoms. The van der Waals surface area contributed by atoms with E-state index in [1.165, 1.54) is 11.3 Å². The molecule has 2 N–H and O–H groups in total. The van der Waals surface area contributed by atoms with Crippen LogP contribution in [0.1, 0.15) is 56.7 Å². The zero-order valence-electron chi connectivity index (χ0n) is 22.5. The number of aromatic nitrogens is 3. The van der Waals surface area contributed by atoms with Gasteiger partial charge in [0.25, 0.3) is 5.91 Å². The SMILES string of the molecule is CCC(NC(=O)N1C(=O)[C@H](Cc2cc(C)nc(NC)c2)[C@H]1C(=O)N(C)c1ccnn1C)C1CCCCC1. The Kier molecular flexibility index (Phi) is 8.14. The van der Waals surface area contributed by atoms with Crippen molar-refractivity contribution in [1.29, 1.82) is 0 Å². The molecule has 2 aromatic rings. The van der Waals surface area contributed by atoms with Crippen LogP contribution in [0.5, 0.6) is 0 Å². The van der Waals surface area contributed by atoms with Gasteiger partial charge in [0.05, 0.1) is 12.1 Å². The number of urea groups is 1. The Balaban J connectivity index is 1.59. The molecule has 1 saturated carbocycles. The Morgan fingerprint density at radius 2 is 1.95 bits per heavy atom. The molecule has 0 radical (unpaired) electrons. The van der Waals surface area contributed by atoms with Crippen LogP contribution in [0.3, 0.4) is 0 Å². The third-order valence-corrected chi connectivity index (χ3v) is 7.85. The molecule has 0 aromatic carbocycles. The molecule has 10 nitrogen and oxygen atoms in total. The van der Waals surface area contributed by atoms with E-state index in [-0.39, 0.29) is 17.9 Å². The van der Waals surface area contributed by atoms with E-state index in [2.05, 4.69) is 27.6 Å². The van der Waals surface area contributed by atoms with Gasteiger partial charge in [0.2, 0.25) is 5.91 Å². The summed E-state index contributed by atoms with van der Waals surface area (Å²) >= 11 is 0. The lowest BCUT2D eigenvalue weighted by Crippen LogP contribution is -2.71. The number of hydrogen-bond acceptors (Lipinski definition) is 6. The molecular weight excluding hydrogens is 470 g/mol. The van der Waals surface area contributed by atoms with Crippen LogP contribution in [-0.2, 0) is 23.1 Å². The van der Waals surface area contributed by atoms with Crippen molar-refractivity contribution in [2.24, 2.45) is 18.9 Å². The molecule has 3 atom stereocenters. The fraction of sp³-hybridized carbons (Fsp3) is 0.593. The summed E-state index contributed by atoms with van der Waals surface area (Å²) in [6, 6.07) is 4.15. The van der Waals surface area contributed by atoms with Crippen LogP contribution >= 0.6 is 0 Å². The number of β-lactam (4-membered cyclic amide) rings is 1. The lowest BCUT2D eigenvalue weighted by molar-refractivity contribution is -0.156. The van der Waals surface area contributed by atoms with Crippen molar-refractivity contribution in [3.63, 3.8) is 0 Å². The third-order valence-electron chi connectivity index (χ3n) is 7.85. The second-order valence-corrected chi connectivity index (χ2v) is 10.3. The van der Waals surface area contributed by atoms with Crippen LogP contribution in [0.4, 0.5) is 16.4 Å². The molecule has 4 amide bonds. The monoisotopic (exact) mass is 509 g/mol. The first kappa shape index (κ1) is 26.6. The summed E-state index contributed by atoms with van der Waals surface area (Å²) in [4.78, 5) is 47.7. The minimum absolute atomic E-state index is 0.00811. The van der Waals surface area contributed by atoms with Crippen LogP contribution in [0, 0.1) is 18.8 Å². The second-order valence-electron chi connectivity index (χ2n) is 10.3. The van der Waals surface area contributed by atoms with Crippen molar-refractivity contribution in [3.05, 3.63) is 35.7 Å². The van der Waals surface area contributed by atoms with Crippen LogP contribution < -0.4 is 15.5 Å². The molecule has 0 bridgehead atoms. The highest BCUT2D eigenvalue weighted by Crippen LogP contribution is 2.34. The lowest BCUT2D eigenvalue weighted by Gasteiger charge is -2.46. The fourth-order valence-corrected chi connectivity index (χ4v) is 5.82. The molecule has 3 heterocycles. The zero-order chi connectivity index (χ0) is 26.7. The second kappa shape index (κ2) is 11.3. The number of hydrogen-bond donors (Lipinski definition) is 2. The molecule has 4 rings (SSSR count). The summed E-state index contributed by atoms with van der Waals surface area (Å²) in [5, 5.41) is 10.3. The predicted molar refractivity (Wildman–Crippen MR) is 142 cm³/mol. The number of likely N-dealkylation sites (N-methyl/N-ethyl adjacent to an activating group) is 1. The number of anilines is 2. The Hall–Kier alpha value is -3.43. The smallest absolute Gasteiger partial charge is 0.325 e. The van der Waals surface area contributed by atoms with Crippen molar-refractivity contribution < 1.29 is 14.4 Å². The Morgan fingerprint density at radius 1 is 1.22 bits per heavy atom. The van der Waals surface area contributed by atoms with E-state index < -0.39 is 18.0 Å². The number of pyridine rings is 1. The molecule has 2 fully saturated rings. The summed E-state index contributed by atoms with van der Waals surface area (Å²) in [5.74, 6) is 0.414. The number of imide groups is 1. The molecule has 2 aromatic heterocycles. The van der Waals surface area contributed by atoms with Gasteiger partial charge in [-0.15, -0.1) is 0 Å². The minimum atomic E-state index is -0.900. The molecule has 1 unspecified atom stereocenters. The number of carbonyl (C=O) groups is 3. The maximum Gasteiger partial charge on any atom is 0.325 e. The van der Waals surface area contributed by atoms with Gasteiger partial charge in [0.1, 0.15) is 17.7 Å². The van der Waals surface area contributed by atoms with Gasteiger partial charge in [-0.2, -0.15) is 5.10 Å². The number of carbonyl (C=O) groups excluding carboxylic acids is 3. The highest BCUT2D eigenvalue weighted by Gasteiger charge is 2.55. The van der Waals surface area contributed by atoms with Gasteiger partial charge in [-0.05, 0) is 56.2 Å². The Bertz CT molecular complexity index is 1140. The largest absolute Gasteiger partial charge is 0.373 e. The minimum Gasteiger partial charge on any atom is -0.373 e. The van der Waals surface area contributed by atoms with E-state index in [1.807, 2.05) is 19.1 Å². The number of rotatable bonds is 8. The van der Waals surface area contributed by atoms with Crippen molar-refractivity contribution in [2.45, 2.75) is 70.9 Å². The zero-order valence-corrected chi connectivity index (χ0v) is 22.5. The summed E-state index contributed by atoms with van der Waals surface area (Å²) in [5.41, 5.74) is 1.71. The van der Waals surface area contributed by atoms with Crippen molar-refractivity contribution in [3.8, 4) is 0 Å². The molecule has 1 saturated heterocycles. The Labute approximate surface area is 218 Å². The number of nitrogens with one attached hydrogen (secondary N) is 2. The van der Waals surface area contributed by atoms with Gasteiger partial charge < -0.3 is 10.6 Å². The quantitative estimate of drug-likeness (QED) is 0.528. The van der Waals surface area contributed by atoms with Crippen molar-refractivity contribution in [1.82, 2.24) is 25.0 Å². The molecule has 37 heavy (non-hydrogen) atoms. The molecular formula is C27H39N7O3. The van der Waals surface area contributed by atoms with Gasteiger partial charge in [-0.1, -0.05) is 26.2 Å². The van der Waals surface area contributed by atoms with E-state index in [9.17, 15) is 14.4 Å². The van der Waals surface area contributed by atoms with Gasteiger partial charge in [0, 0.05) is 38.9 Å². The van der Waals surface area contributed by atoms with Gasteiger partial charge >= 0.3 is 6.03 Å². The van der Waals surface area contributed by atoms with E-state index in [4.69, 9.17) is 0 Å². The van der Waals surface area contributed by atoms with Crippen LogP contribution in [0.2, 0.25) is 0 Å². The first-order chi connectivity index (χ1) is 17.7. The molecule has 1 aliphatic carbocycles. The van der Waals surface area contributed by atoms with Crippen LogP contribution in [0.15, 0.2) is 24.4 Å². The normalized spacial score (nSPS) is 20.8. The summed E-state index contributed by atoms with van der Waals surface area (Å²) in [7, 11) is 5.20. The summed E-state index contributed by atoms with van der Waals surface area (Å²) < 4.78 is 1.60. The van der Waals surface area contributed by atoms with Crippen molar-refractivity contribution >= 4 is 29.5 Å². The number of nitrogens with zero attached hydrogens (tertiary/aromatic N) is 5. The highest BCUT2D eigenvalue weighted by atomic mass is 16.2. The topological polar surface area (TPSA) is 112 Å². The fourth-order valence-electron chi connectivity index (χ4n) is 5.82. The van der Waals surface area contributed by atoms with E-state index in [0.717, 1.165) is 48.3 Å². The van der Waals surface area contributed by atoms with Gasteiger partial charge in [0.15, 0.2) is 0 Å². The number of likely N-dealkylation sites (tertiary alicyclic amines) is 1. The average Bonchev–Trinajstić information content (AvgIpc) is 3.33. The number of amides is 4. The van der Waals surface area contributed by atoms with Gasteiger partial charge in [-0.25, -0.2) is 9.78 Å². The summed E-state index contributed by atoms with van der Waals surface area (Å²) in [6.45, 7) is 3.95. The lowest BCUT2D eigenvalue weighted by atomic mass is 9.81. The molecule has 2 aliphatic rings. The van der Waals surface area contributed by atoms with Crippen LogP contribution in [0.25, 0.3) is 0 Å². The van der Waals surface area contributed by atoms with Crippen LogP contribution in [-0.4, -0.2) is 63.7 Å². The van der Waals surface area contributed by atoms with Crippen molar-refractivity contribution in [2.75, 3.05) is 24.3 Å². The maximum absolute atomic E-state index is 13.8. The van der Waals surface area contributed by atoms with E-state index in [1.54, 1.807) is 38.1 Å². The maximum atomic E-state index is 13.8. The van der Waals surface area contributed by atoms with E-state index >= 15 is 0 Å². The standard InChI is InChI=1S/C27H39N7O3/c1-6-21(19-10-8-7-9-11-19)31-27(37)34-24(26(36)32(4)23-12-13-29-33(23)5)20(25(34)35)15-18-14-17(2)30-22(16-18)28-3/h12-14,16,19-21,24H,6-11,15H2,1-5H3,(H,28,30)(H,31,37)/t20-,21?,24+/m1/s1. The molecule has 200 valence electrons. The average molecular weight is 510 g/mol. The molecule has 0 spiro atoms.